The summed E-state index contributed by atoms with van der Waals surface area (Å²) in [6.45, 7) is 2.56. The second-order valence-electron chi connectivity index (χ2n) is 9.04. The van der Waals surface area contributed by atoms with Crippen LogP contribution in [0.25, 0.3) is 16.9 Å². The quantitative estimate of drug-likeness (QED) is 0.0969. The largest absolute Gasteiger partial charge is 0.487 e. The average Bonchev–Trinajstić information content (AvgIpc) is 3.35. The number of carbonyl (C=O) groups excluding carboxylic acids is 1. The van der Waals surface area contributed by atoms with Gasteiger partial charge in [0.25, 0.3) is 5.91 Å². The number of nitrogens with one attached hydrogen (secondary N) is 1. The lowest BCUT2D eigenvalue weighted by atomic mass is 10.1. The van der Waals surface area contributed by atoms with Crippen molar-refractivity contribution in [3.05, 3.63) is 137 Å². The fraction of sp³-hybridized carbons (Fsp3) is 0.0625. The average molecular weight is 816 g/mol. The van der Waals surface area contributed by atoms with E-state index >= 15 is 0 Å². The Hall–Kier alpha value is -2.96. The Balaban J connectivity index is 1.23. The highest BCUT2D eigenvalue weighted by Gasteiger charge is 2.12. The molecule has 40 heavy (non-hydrogen) atoms. The Morgan fingerprint density at radius 2 is 1.60 bits per heavy atom. The highest BCUT2D eigenvalue weighted by molar-refractivity contribution is 14.1. The van der Waals surface area contributed by atoms with Crippen molar-refractivity contribution in [2.75, 3.05) is 0 Å². The Morgan fingerprint density at radius 1 is 0.925 bits per heavy atom. The Labute approximate surface area is 269 Å². The van der Waals surface area contributed by atoms with E-state index in [0.717, 1.165) is 51.1 Å². The maximum absolute atomic E-state index is 12.8. The summed E-state index contributed by atoms with van der Waals surface area (Å²) in [5.74, 6) is 0.563. The molecule has 0 aliphatic rings. The maximum Gasteiger partial charge on any atom is 0.271 e. The number of rotatable bonds is 8. The number of amides is 1. The van der Waals surface area contributed by atoms with Crippen molar-refractivity contribution in [1.29, 1.82) is 0 Å². The predicted molar refractivity (Wildman–Crippen MR) is 181 cm³/mol. The van der Waals surface area contributed by atoms with E-state index in [9.17, 15) is 4.79 Å². The third-order valence-corrected chi connectivity index (χ3v) is 8.36. The van der Waals surface area contributed by atoms with E-state index in [1.807, 2.05) is 78.9 Å². The van der Waals surface area contributed by atoms with Gasteiger partial charge >= 0.3 is 0 Å². The van der Waals surface area contributed by atoms with E-state index in [0.29, 0.717) is 12.2 Å². The molecule has 5 aromatic rings. The van der Waals surface area contributed by atoms with Crippen molar-refractivity contribution in [3.63, 3.8) is 0 Å². The molecule has 0 aliphatic carbocycles. The van der Waals surface area contributed by atoms with Crippen molar-refractivity contribution < 1.29 is 9.53 Å². The van der Waals surface area contributed by atoms with Crippen LogP contribution in [0.2, 0.25) is 0 Å². The molecule has 5 rings (SSSR count). The van der Waals surface area contributed by atoms with Gasteiger partial charge in [-0.1, -0.05) is 58.4 Å². The zero-order valence-electron chi connectivity index (χ0n) is 21.4. The van der Waals surface area contributed by atoms with Crippen LogP contribution in [-0.2, 0) is 6.61 Å². The zero-order chi connectivity index (χ0) is 28.1. The van der Waals surface area contributed by atoms with E-state index in [1.54, 1.807) is 6.21 Å². The Morgan fingerprint density at radius 3 is 2.27 bits per heavy atom. The molecular formula is C32H24BrI2N3O2. The first-order valence-electron chi connectivity index (χ1n) is 12.4. The summed E-state index contributed by atoms with van der Waals surface area (Å²) in [6, 6.07) is 34.1. The molecule has 0 spiro atoms. The molecule has 4 aromatic carbocycles. The van der Waals surface area contributed by atoms with Gasteiger partial charge in [0.2, 0.25) is 0 Å². The third kappa shape index (κ3) is 6.84. The highest BCUT2D eigenvalue weighted by Crippen LogP contribution is 2.30. The summed E-state index contributed by atoms with van der Waals surface area (Å²) < 4.78 is 11.2. The van der Waals surface area contributed by atoms with Crippen LogP contribution in [0.15, 0.2) is 113 Å². The maximum atomic E-state index is 12.8. The van der Waals surface area contributed by atoms with Crippen LogP contribution >= 0.6 is 61.1 Å². The molecule has 0 saturated carbocycles. The number of benzene rings is 4. The molecule has 0 atom stereocenters. The summed E-state index contributed by atoms with van der Waals surface area (Å²) in [5, 5.41) is 4.19. The van der Waals surface area contributed by atoms with Gasteiger partial charge in [0, 0.05) is 21.4 Å². The standard InChI is InChI=1S/C32H24BrI2N3O2/c1-21-7-16-30(24-5-3-2-4-6-24)38(21)27-14-10-25(11-15-27)32(39)37-36-19-23-17-28(34)31(29(35)18-23)40-20-22-8-12-26(33)13-9-22/h2-19H,20H2,1H3,(H,37,39)/b36-19+. The number of hydrogen-bond donors (Lipinski definition) is 1. The fourth-order valence-electron chi connectivity index (χ4n) is 4.24. The van der Waals surface area contributed by atoms with Crippen LogP contribution in [0.4, 0.5) is 0 Å². The molecule has 0 aliphatic heterocycles. The summed E-state index contributed by atoms with van der Waals surface area (Å²) >= 11 is 7.98. The topological polar surface area (TPSA) is 55.6 Å². The van der Waals surface area contributed by atoms with E-state index in [4.69, 9.17) is 4.74 Å². The number of hydrogen-bond acceptors (Lipinski definition) is 3. The normalized spacial score (nSPS) is 11.1. The van der Waals surface area contributed by atoms with Gasteiger partial charge in [-0.2, -0.15) is 5.10 Å². The van der Waals surface area contributed by atoms with Gasteiger partial charge in [-0.25, -0.2) is 5.43 Å². The minimum absolute atomic E-state index is 0.269. The lowest BCUT2D eigenvalue weighted by Gasteiger charge is -2.13. The molecule has 0 saturated heterocycles. The predicted octanol–water partition coefficient (Wildman–Crippen LogP) is 8.77. The molecule has 8 heteroatoms. The van der Waals surface area contributed by atoms with Gasteiger partial charge in [-0.15, -0.1) is 0 Å². The Kier molecular flexibility index (Phi) is 9.38. The lowest BCUT2D eigenvalue weighted by Crippen LogP contribution is -2.17. The molecule has 0 bridgehead atoms. The van der Waals surface area contributed by atoms with Gasteiger partial charge in [0.05, 0.1) is 19.0 Å². The van der Waals surface area contributed by atoms with Crippen molar-refractivity contribution >= 4 is 73.2 Å². The molecule has 5 nitrogen and oxygen atoms in total. The van der Waals surface area contributed by atoms with Crippen molar-refractivity contribution in [3.8, 4) is 22.7 Å². The number of aryl methyl sites for hydroxylation is 1. The Bertz CT molecular complexity index is 1640. The third-order valence-electron chi connectivity index (χ3n) is 6.23. The molecule has 0 fully saturated rings. The molecule has 0 unspecified atom stereocenters. The van der Waals surface area contributed by atoms with Crippen molar-refractivity contribution in [1.82, 2.24) is 9.99 Å². The number of hydrazone groups is 1. The van der Waals surface area contributed by atoms with E-state index < -0.39 is 0 Å². The van der Waals surface area contributed by atoms with E-state index in [2.05, 4.69) is 107 Å². The summed E-state index contributed by atoms with van der Waals surface area (Å²) in [4.78, 5) is 12.8. The van der Waals surface area contributed by atoms with Gasteiger partial charge in [-0.05, 0) is 129 Å². The van der Waals surface area contributed by atoms with Crippen LogP contribution in [-0.4, -0.2) is 16.7 Å². The van der Waals surface area contributed by atoms with Crippen LogP contribution in [0, 0.1) is 14.1 Å². The smallest absolute Gasteiger partial charge is 0.271 e. The first-order valence-corrected chi connectivity index (χ1v) is 15.4. The minimum Gasteiger partial charge on any atom is -0.487 e. The van der Waals surface area contributed by atoms with Gasteiger partial charge in [0.1, 0.15) is 12.4 Å². The summed E-state index contributed by atoms with van der Waals surface area (Å²) in [7, 11) is 0. The van der Waals surface area contributed by atoms with Gasteiger partial charge in [-0.3, -0.25) is 4.79 Å². The molecule has 1 heterocycles. The minimum atomic E-state index is -0.269. The van der Waals surface area contributed by atoms with E-state index in [-0.39, 0.29) is 5.91 Å². The second-order valence-corrected chi connectivity index (χ2v) is 12.3. The molecule has 1 N–H and O–H groups in total. The van der Waals surface area contributed by atoms with E-state index in [1.165, 1.54) is 0 Å². The fourth-order valence-corrected chi connectivity index (χ4v) is 6.63. The molecular weight excluding hydrogens is 792 g/mol. The van der Waals surface area contributed by atoms with Gasteiger partial charge in [0.15, 0.2) is 0 Å². The van der Waals surface area contributed by atoms with Crippen LogP contribution in [0.1, 0.15) is 27.2 Å². The zero-order valence-corrected chi connectivity index (χ0v) is 27.3. The highest BCUT2D eigenvalue weighted by atomic mass is 127. The number of nitrogens with zero attached hydrogens (tertiary/aromatic N) is 2. The first-order chi connectivity index (χ1) is 19.4. The second kappa shape index (κ2) is 13.1. The van der Waals surface area contributed by atoms with Crippen molar-refractivity contribution in [2.45, 2.75) is 13.5 Å². The van der Waals surface area contributed by atoms with Crippen LogP contribution in [0.5, 0.6) is 5.75 Å². The number of ether oxygens (including phenoxy) is 1. The number of carbonyl (C=O) groups is 1. The first kappa shape index (κ1) is 28.6. The monoisotopic (exact) mass is 815 g/mol. The molecule has 1 aromatic heterocycles. The molecule has 200 valence electrons. The number of halogens is 3. The SMILES string of the molecule is Cc1ccc(-c2ccccc2)n1-c1ccc(C(=O)N/N=C/c2cc(I)c(OCc3ccc(Br)cc3)c(I)c2)cc1. The van der Waals surface area contributed by atoms with Crippen LogP contribution in [0.3, 0.4) is 0 Å². The molecule has 0 radical (unpaired) electrons. The summed E-state index contributed by atoms with van der Waals surface area (Å²) in [5.41, 5.74) is 9.50. The van der Waals surface area contributed by atoms with Crippen LogP contribution < -0.4 is 10.2 Å². The van der Waals surface area contributed by atoms with Gasteiger partial charge < -0.3 is 9.30 Å². The summed E-state index contributed by atoms with van der Waals surface area (Å²) in [6.07, 6.45) is 1.64. The van der Waals surface area contributed by atoms with Crippen molar-refractivity contribution in [2.24, 2.45) is 5.10 Å². The lowest BCUT2D eigenvalue weighted by molar-refractivity contribution is 0.0955. The molecule has 1 amide bonds. The number of aromatic nitrogens is 1.